The van der Waals surface area contributed by atoms with Gasteiger partial charge in [0.25, 0.3) is 15.9 Å². The molecular weight excluding hydrogens is 372 g/mol. The number of sulfonamides is 1. The lowest BCUT2D eigenvalue weighted by Crippen LogP contribution is -2.23. The first-order valence-electron chi connectivity index (χ1n) is 7.69. The summed E-state index contributed by atoms with van der Waals surface area (Å²) in [6.45, 7) is 2.11. The first-order valence-corrected chi connectivity index (χ1v) is 9.99. The number of nitrogens with zero attached hydrogens (tertiary/aromatic N) is 2. The monoisotopic (exact) mass is 388 g/mol. The van der Waals surface area contributed by atoms with Gasteiger partial charge in [-0.3, -0.25) is 10.1 Å². The summed E-state index contributed by atoms with van der Waals surface area (Å²) in [4.78, 5) is 12.1. The molecule has 0 atom stereocenters. The quantitative estimate of drug-likeness (QED) is 0.632. The molecule has 0 fully saturated rings. The second-order valence-electron chi connectivity index (χ2n) is 5.50. The van der Waals surface area contributed by atoms with Crippen molar-refractivity contribution in [2.75, 3.05) is 5.32 Å². The topological polar surface area (TPSA) is 101 Å². The molecule has 2 N–H and O–H groups in total. The number of nitrogens with one attached hydrogen (secondary N) is 2. The number of hydrogen-bond acceptors (Lipinski definition) is 6. The number of aryl methyl sites for hydroxylation is 1. The van der Waals surface area contributed by atoms with Gasteiger partial charge in [0.15, 0.2) is 0 Å². The van der Waals surface area contributed by atoms with Crippen LogP contribution in [0.25, 0.3) is 0 Å². The summed E-state index contributed by atoms with van der Waals surface area (Å²) < 4.78 is 26.9. The van der Waals surface area contributed by atoms with Crippen molar-refractivity contribution in [1.82, 2.24) is 14.9 Å². The molecule has 0 saturated carbocycles. The molecule has 0 saturated heterocycles. The molecule has 7 nitrogen and oxygen atoms in total. The van der Waals surface area contributed by atoms with Crippen LogP contribution in [0.3, 0.4) is 0 Å². The van der Waals surface area contributed by atoms with Crippen LogP contribution in [0.15, 0.2) is 58.9 Å². The van der Waals surface area contributed by atoms with Crippen LogP contribution in [0.5, 0.6) is 0 Å². The Balaban J connectivity index is 1.66. The average Bonchev–Trinajstić information content (AvgIpc) is 3.11. The zero-order chi connectivity index (χ0) is 18.6. The van der Waals surface area contributed by atoms with E-state index >= 15 is 0 Å². The SMILES string of the molecule is Cc1ccc(CNS(=O)(=O)c2nnc(NC(=O)c3ccccc3)s2)cc1. The Morgan fingerprint density at radius 1 is 1.04 bits per heavy atom. The van der Waals surface area contributed by atoms with Crippen LogP contribution in [0.4, 0.5) is 5.13 Å². The molecule has 0 bridgehead atoms. The van der Waals surface area contributed by atoms with Gasteiger partial charge < -0.3 is 0 Å². The Bertz CT molecular complexity index is 1000. The molecule has 1 amide bonds. The van der Waals surface area contributed by atoms with Crippen LogP contribution in [-0.2, 0) is 16.6 Å². The first-order chi connectivity index (χ1) is 12.4. The van der Waals surface area contributed by atoms with Crippen LogP contribution < -0.4 is 10.0 Å². The van der Waals surface area contributed by atoms with Crippen molar-refractivity contribution in [2.24, 2.45) is 0 Å². The molecular formula is C17H16N4O3S2. The Hall–Kier alpha value is -2.62. The highest BCUT2D eigenvalue weighted by Crippen LogP contribution is 2.20. The lowest BCUT2D eigenvalue weighted by molar-refractivity contribution is 0.102. The zero-order valence-electron chi connectivity index (χ0n) is 13.8. The highest BCUT2D eigenvalue weighted by Gasteiger charge is 2.21. The standard InChI is InChI=1S/C17H16N4O3S2/c1-12-7-9-13(10-8-12)11-18-26(23,24)17-21-20-16(25-17)19-15(22)14-5-3-2-4-6-14/h2-10,18H,11H2,1H3,(H,19,20,22). The summed E-state index contributed by atoms with van der Waals surface area (Å²) in [5.74, 6) is -0.377. The smallest absolute Gasteiger partial charge is 0.270 e. The van der Waals surface area contributed by atoms with Crippen molar-refractivity contribution < 1.29 is 13.2 Å². The summed E-state index contributed by atoms with van der Waals surface area (Å²) in [6.07, 6.45) is 0. The average molecular weight is 388 g/mol. The fraction of sp³-hybridized carbons (Fsp3) is 0.118. The maximum absolute atomic E-state index is 12.3. The van der Waals surface area contributed by atoms with Gasteiger partial charge >= 0.3 is 0 Å². The molecule has 0 aliphatic rings. The number of rotatable bonds is 6. The fourth-order valence-corrected chi connectivity index (χ4v) is 4.03. The van der Waals surface area contributed by atoms with Crippen molar-refractivity contribution in [3.05, 3.63) is 71.3 Å². The summed E-state index contributed by atoms with van der Waals surface area (Å²) in [5.41, 5.74) is 2.38. The molecule has 2 aromatic carbocycles. The largest absolute Gasteiger partial charge is 0.296 e. The third kappa shape index (κ3) is 4.51. The lowest BCUT2D eigenvalue weighted by atomic mass is 10.2. The second kappa shape index (κ2) is 7.73. The lowest BCUT2D eigenvalue weighted by Gasteiger charge is -2.04. The molecule has 3 aromatic rings. The number of hydrogen-bond donors (Lipinski definition) is 2. The van der Waals surface area contributed by atoms with Crippen molar-refractivity contribution in [2.45, 2.75) is 17.8 Å². The third-order valence-electron chi connectivity index (χ3n) is 3.48. The van der Waals surface area contributed by atoms with Crippen LogP contribution in [0.2, 0.25) is 0 Å². The number of aromatic nitrogens is 2. The van der Waals surface area contributed by atoms with Gasteiger partial charge in [-0.15, -0.1) is 10.2 Å². The minimum atomic E-state index is -3.80. The molecule has 1 aromatic heterocycles. The van der Waals surface area contributed by atoms with Gasteiger partial charge in [0.1, 0.15) is 0 Å². The van der Waals surface area contributed by atoms with E-state index < -0.39 is 10.0 Å². The predicted octanol–water partition coefficient (Wildman–Crippen LogP) is 2.58. The van der Waals surface area contributed by atoms with Gasteiger partial charge in [0, 0.05) is 12.1 Å². The molecule has 0 unspecified atom stereocenters. The predicted molar refractivity (Wildman–Crippen MR) is 99.5 cm³/mol. The van der Waals surface area contributed by atoms with Gasteiger partial charge in [0.05, 0.1) is 0 Å². The van der Waals surface area contributed by atoms with Crippen LogP contribution in [0, 0.1) is 6.92 Å². The van der Waals surface area contributed by atoms with Gasteiger partial charge in [-0.05, 0) is 24.6 Å². The number of amides is 1. The van der Waals surface area contributed by atoms with E-state index in [1.165, 1.54) is 0 Å². The normalized spacial score (nSPS) is 11.3. The minimum absolute atomic E-state index is 0.120. The molecule has 134 valence electrons. The molecule has 0 spiro atoms. The molecule has 26 heavy (non-hydrogen) atoms. The highest BCUT2D eigenvalue weighted by atomic mass is 32.2. The molecule has 0 radical (unpaired) electrons. The number of benzene rings is 2. The van der Waals surface area contributed by atoms with E-state index in [-0.39, 0.29) is 21.9 Å². The van der Waals surface area contributed by atoms with Crippen LogP contribution >= 0.6 is 11.3 Å². The van der Waals surface area contributed by atoms with E-state index in [2.05, 4.69) is 20.2 Å². The number of anilines is 1. The highest BCUT2D eigenvalue weighted by molar-refractivity contribution is 7.91. The zero-order valence-corrected chi connectivity index (χ0v) is 15.5. The molecule has 0 aliphatic carbocycles. The van der Waals surface area contributed by atoms with Gasteiger partial charge in [-0.1, -0.05) is 59.4 Å². The van der Waals surface area contributed by atoms with Crippen molar-refractivity contribution >= 4 is 32.4 Å². The van der Waals surface area contributed by atoms with Gasteiger partial charge in [-0.2, -0.15) is 0 Å². The second-order valence-corrected chi connectivity index (χ2v) is 8.42. The van der Waals surface area contributed by atoms with E-state index in [0.29, 0.717) is 5.56 Å². The van der Waals surface area contributed by atoms with Crippen molar-refractivity contribution in [3.63, 3.8) is 0 Å². The summed E-state index contributed by atoms with van der Waals surface area (Å²) in [7, 11) is -3.80. The Morgan fingerprint density at radius 2 is 1.73 bits per heavy atom. The third-order valence-corrected chi connectivity index (χ3v) is 6.09. The fourth-order valence-electron chi connectivity index (χ4n) is 2.07. The van der Waals surface area contributed by atoms with E-state index in [9.17, 15) is 13.2 Å². The van der Waals surface area contributed by atoms with Gasteiger partial charge in [-0.25, -0.2) is 13.1 Å². The minimum Gasteiger partial charge on any atom is -0.296 e. The molecule has 9 heteroatoms. The summed E-state index contributed by atoms with van der Waals surface area (Å²) >= 11 is 0.796. The molecule has 3 rings (SSSR count). The maximum atomic E-state index is 12.3. The summed E-state index contributed by atoms with van der Waals surface area (Å²) in [5, 5.41) is 10.1. The molecule has 1 heterocycles. The van der Waals surface area contributed by atoms with E-state index in [1.54, 1.807) is 30.3 Å². The van der Waals surface area contributed by atoms with Crippen LogP contribution in [0.1, 0.15) is 21.5 Å². The summed E-state index contributed by atoms with van der Waals surface area (Å²) in [6, 6.07) is 16.1. The Kier molecular flexibility index (Phi) is 5.40. The van der Waals surface area contributed by atoms with E-state index in [0.717, 1.165) is 22.5 Å². The van der Waals surface area contributed by atoms with Gasteiger partial charge in [0.2, 0.25) is 9.47 Å². The maximum Gasteiger partial charge on any atom is 0.270 e. The van der Waals surface area contributed by atoms with E-state index in [1.807, 2.05) is 31.2 Å². The Labute approximate surface area is 155 Å². The van der Waals surface area contributed by atoms with Crippen molar-refractivity contribution in [1.29, 1.82) is 0 Å². The number of carbonyl (C=O) groups excluding carboxylic acids is 1. The molecule has 0 aliphatic heterocycles. The van der Waals surface area contributed by atoms with Crippen molar-refractivity contribution in [3.8, 4) is 0 Å². The number of carbonyl (C=O) groups is 1. The first kappa shape index (κ1) is 18.2. The Morgan fingerprint density at radius 3 is 2.42 bits per heavy atom. The van der Waals surface area contributed by atoms with Crippen LogP contribution in [-0.4, -0.2) is 24.5 Å². The van der Waals surface area contributed by atoms with E-state index in [4.69, 9.17) is 0 Å².